The van der Waals surface area contributed by atoms with Gasteiger partial charge in [0, 0.05) is 42.2 Å². The molecule has 5 aromatic rings. The fourth-order valence-electron chi connectivity index (χ4n) is 4.53. The van der Waals surface area contributed by atoms with Crippen LogP contribution in [0.15, 0.2) is 73.5 Å². The second-order valence-electron chi connectivity index (χ2n) is 9.34. The largest absolute Gasteiger partial charge is 0.457 e. The number of anilines is 3. The van der Waals surface area contributed by atoms with Gasteiger partial charge in [0.1, 0.15) is 29.5 Å². The fraction of sp³-hybridized carbons (Fsp3) is 0.179. The Hall–Kier alpha value is -4.79. The highest BCUT2D eigenvalue weighted by Gasteiger charge is 2.32. The average Bonchev–Trinajstić information content (AvgIpc) is 3.39. The van der Waals surface area contributed by atoms with Crippen LogP contribution in [0.3, 0.4) is 0 Å². The number of carbonyl (C=O) groups is 1. The van der Waals surface area contributed by atoms with Gasteiger partial charge in [-0.1, -0.05) is 13.5 Å². The van der Waals surface area contributed by atoms with E-state index in [1.807, 2.05) is 67.9 Å². The smallest absolute Gasteiger partial charge is 0.255 e. The number of rotatable bonds is 5. The van der Waals surface area contributed by atoms with Gasteiger partial charge in [-0.05, 0) is 48.9 Å². The number of pyridine rings is 1. The molecule has 6 rings (SSSR count). The normalized spacial score (nSPS) is 15.6. The Bertz CT molecular complexity index is 1710. The van der Waals surface area contributed by atoms with Crippen LogP contribution in [-0.4, -0.2) is 37.0 Å². The van der Waals surface area contributed by atoms with Crippen LogP contribution in [0.1, 0.15) is 12.5 Å². The third-order valence-electron chi connectivity index (χ3n) is 6.72. The molecule has 1 atom stereocenters. The van der Waals surface area contributed by atoms with E-state index >= 15 is 0 Å². The highest BCUT2D eigenvalue weighted by Crippen LogP contribution is 2.33. The summed E-state index contributed by atoms with van der Waals surface area (Å²) < 4.78 is 8.12. The number of carbonyl (C=O) groups excluding carboxylic acids is 1. The molecule has 1 N–H and O–H groups in total. The van der Waals surface area contributed by atoms with E-state index in [-0.39, 0.29) is 11.8 Å². The third-order valence-corrected chi connectivity index (χ3v) is 6.72. The number of amides is 1. The lowest BCUT2D eigenvalue weighted by molar-refractivity contribution is -0.114. The lowest BCUT2D eigenvalue weighted by Gasteiger charge is -2.16. The van der Waals surface area contributed by atoms with Crippen molar-refractivity contribution in [2.75, 3.05) is 16.8 Å². The maximum atomic E-state index is 12.6. The molecule has 184 valence electrons. The number of hydrogen-bond donors (Lipinski definition) is 1. The van der Waals surface area contributed by atoms with Gasteiger partial charge < -0.3 is 14.6 Å². The van der Waals surface area contributed by atoms with Crippen LogP contribution in [0.25, 0.3) is 21.9 Å². The fourth-order valence-corrected chi connectivity index (χ4v) is 4.53. The minimum Gasteiger partial charge on any atom is -0.457 e. The Morgan fingerprint density at radius 2 is 1.92 bits per heavy atom. The first-order valence-electron chi connectivity index (χ1n) is 12.0. The number of imidazole rings is 1. The van der Waals surface area contributed by atoms with E-state index in [2.05, 4.69) is 31.8 Å². The van der Waals surface area contributed by atoms with E-state index in [1.165, 1.54) is 6.33 Å². The maximum absolute atomic E-state index is 12.6. The summed E-state index contributed by atoms with van der Waals surface area (Å²) in [5, 5.41) is 4.15. The Balaban J connectivity index is 1.26. The van der Waals surface area contributed by atoms with Gasteiger partial charge in [-0.15, -0.1) is 0 Å². The van der Waals surface area contributed by atoms with Crippen molar-refractivity contribution in [3.8, 4) is 11.5 Å². The Morgan fingerprint density at radius 3 is 2.70 bits per heavy atom. The third kappa shape index (κ3) is 4.04. The molecule has 0 aliphatic carbocycles. The summed E-state index contributed by atoms with van der Waals surface area (Å²) in [5.74, 6) is 2.65. The predicted octanol–water partition coefficient (Wildman–Crippen LogP) is 5.29. The molecular formula is C28H25N7O2. The first-order chi connectivity index (χ1) is 17.9. The van der Waals surface area contributed by atoms with Gasteiger partial charge in [0.2, 0.25) is 0 Å². The molecule has 3 aromatic heterocycles. The second kappa shape index (κ2) is 8.70. The lowest BCUT2D eigenvalue weighted by Crippen LogP contribution is -2.25. The van der Waals surface area contributed by atoms with Crippen LogP contribution in [0.2, 0.25) is 0 Å². The molecule has 1 unspecified atom stereocenters. The molecule has 0 saturated carbocycles. The number of fused-ring (bicyclic) bond motifs is 2. The van der Waals surface area contributed by atoms with Gasteiger partial charge in [-0.3, -0.25) is 9.69 Å². The van der Waals surface area contributed by atoms with Crippen LogP contribution in [0.5, 0.6) is 11.5 Å². The molecule has 4 heterocycles. The molecule has 1 amide bonds. The number of nitrogens with one attached hydrogen (secondary N) is 1. The highest BCUT2D eigenvalue weighted by molar-refractivity contribution is 6.08. The summed E-state index contributed by atoms with van der Waals surface area (Å²) in [4.78, 5) is 31.9. The quantitative estimate of drug-likeness (QED) is 0.333. The van der Waals surface area contributed by atoms with Crippen molar-refractivity contribution in [3.63, 3.8) is 0 Å². The molecule has 0 spiro atoms. The number of benzene rings is 2. The molecule has 0 radical (unpaired) electrons. The minimum absolute atomic E-state index is 0.0872. The lowest BCUT2D eigenvalue weighted by atomic mass is 10.1. The SMILES string of the molecule is C=C1C(=O)N(c2cc3c(Nc4ccc(Oc5ccc6c(c5)ncn6C)c(C)c4)ncnc3cn2)CC1C. The first kappa shape index (κ1) is 22.7. The molecule has 9 nitrogen and oxygen atoms in total. The summed E-state index contributed by atoms with van der Waals surface area (Å²) in [5.41, 5.74) is 5.02. The molecule has 1 saturated heterocycles. The van der Waals surface area contributed by atoms with Gasteiger partial charge >= 0.3 is 0 Å². The van der Waals surface area contributed by atoms with Crippen molar-refractivity contribution in [2.24, 2.45) is 13.0 Å². The number of ether oxygens (including phenoxy) is 1. The predicted molar refractivity (Wildman–Crippen MR) is 143 cm³/mol. The molecule has 2 aromatic carbocycles. The van der Waals surface area contributed by atoms with Crippen molar-refractivity contribution < 1.29 is 9.53 Å². The van der Waals surface area contributed by atoms with E-state index in [9.17, 15) is 4.79 Å². The molecular weight excluding hydrogens is 466 g/mol. The van der Waals surface area contributed by atoms with E-state index < -0.39 is 0 Å². The molecule has 37 heavy (non-hydrogen) atoms. The van der Waals surface area contributed by atoms with E-state index in [4.69, 9.17) is 4.74 Å². The second-order valence-corrected chi connectivity index (χ2v) is 9.34. The average molecular weight is 492 g/mol. The molecule has 1 aliphatic heterocycles. The van der Waals surface area contributed by atoms with Crippen LogP contribution >= 0.6 is 0 Å². The van der Waals surface area contributed by atoms with Crippen LogP contribution in [-0.2, 0) is 11.8 Å². The number of nitrogens with zero attached hydrogens (tertiary/aromatic N) is 6. The Labute approximate surface area is 213 Å². The van der Waals surface area contributed by atoms with Crippen molar-refractivity contribution >= 4 is 45.2 Å². The zero-order valence-corrected chi connectivity index (χ0v) is 20.8. The Kier molecular flexibility index (Phi) is 5.33. The monoisotopic (exact) mass is 491 g/mol. The number of aryl methyl sites for hydroxylation is 2. The van der Waals surface area contributed by atoms with Crippen molar-refractivity contribution in [1.29, 1.82) is 0 Å². The van der Waals surface area contributed by atoms with Crippen LogP contribution in [0.4, 0.5) is 17.3 Å². The van der Waals surface area contributed by atoms with Gasteiger partial charge in [0.15, 0.2) is 0 Å². The van der Waals surface area contributed by atoms with E-state index in [0.29, 0.717) is 29.3 Å². The summed E-state index contributed by atoms with van der Waals surface area (Å²) >= 11 is 0. The van der Waals surface area contributed by atoms with Gasteiger partial charge in [-0.2, -0.15) is 0 Å². The Morgan fingerprint density at radius 1 is 1.05 bits per heavy atom. The van der Waals surface area contributed by atoms with Gasteiger partial charge in [-0.25, -0.2) is 19.9 Å². The first-order valence-corrected chi connectivity index (χ1v) is 12.0. The number of hydrogen-bond acceptors (Lipinski definition) is 7. The molecule has 1 fully saturated rings. The van der Waals surface area contributed by atoms with E-state index in [0.717, 1.165) is 39.2 Å². The minimum atomic E-state index is -0.0980. The summed E-state index contributed by atoms with van der Waals surface area (Å²) in [6, 6.07) is 13.6. The maximum Gasteiger partial charge on any atom is 0.255 e. The van der Waals surface area contributed by atoms with Gasteiger partial charge in [0.25, 0.3) is 5.91 Å². The summed E-state index contributed by atoms with van der Waals surface area (Å²) in [6.45, 7) is 8.45. The zero-order chi connectivity index (χ0) is 25.7. The topological polar surface area (TPSA) is 98.1 Å². The summed E-state index contributed by atoms with van der Waals surface area (Å²) in [7, 11) is 1.97. The number of aromatic nitrogens is 5. The summed E-state index contributed by atoms with van der Waals surface area (Å²) in [6.07, 6.45) is 4.95. The molecule has 0 bridgehead atoms. The molecule has 1 aliphatic rings. The van der Waals surface area contributed by atoms with Crippen molar-refractivity contribution in [3.05, 3.63) is 79.0 Å². The van der Waals surface area contributed by atoms with Crippen LogP contribution < -0.4 is 15.0 Å². The van der Waals surface area contributed by atoms with Crippen molar-refractivity contribution in [1.82, 2.24) is 24.5 Å². The van der Waals surface area contributed by atoms with E-state index in [1.54, 1.807) is 17.4 Å². The zero-order valence-electron chi connectivity index (χ0n) is 20.8. The standard InChI is InChI=1S/C28H25N7O2/c1-16-9-19(5-8-25(16)37-20-6-7-24-22(10-20)32-15-34(24)4)33-27-21-11-26(29-12-23(21)30-14-31-27)35-13-17(2)18(3)28(35)36/h5-12,14-15,17H,3,13H2,1-2,4H3,(H,30,31,33). The van der Waals surface area contributed by atoms with Crippen LogP contribution in [0, 0.1) is 12.8 Å². The highest BCUT2D eigenvalue weighted by atomic mass is 16.5. The molecule has 9 heteroatoms. The van der Waals surface area contributed by atoms with Crippen molar-refractivity contribution in [2.45, 2.75) is 13.8 Å². The van der Waals surface area contributed by atoms with Gasteiger partial charge in [0.05, 0.1) is 29.1 Å².